The fourth-order valence-corrected chi connectivity index (χ4v) is 1.88. The lowest BCUT2D eigenvalue weighted by Gasteiger charge is -2.18. The van der Waals surface area contributed by atoms with Crippen LogP contribution in [0.2, 0.25) is 0 Å². The standard InChI is InChI=1S/C13H18N2O2/c1-2-14-7-3-4-10-5-6-12-11(8-10)15-13(16)9-17-12/h5-6,8,14H,2-4,7,9H2,1H3,(H,15,16). The summed E-state index contributed by atoms with van der Waals surface area (Å²) in [4.78, 5) is 11.2. The molecule has 0 radical (unpaired) electrons. The number of anilines is 1. The maximum absolute atomic E-state index is 11.2. The summed E-state index contributed by atoms with van der Waals surface area (Å²) in [5, 5.41) is 6.12. The van der Waals surface area contributed by atoms with E-state index in [9.17, 15) is 4.79 Å². The number of carbonyl (C=O) groups is 1. The first-order chi connectivity index (χ1) is 8.29. The van der Waals surface area contributed by atoms with Gasteiger partial charge in [-0.25, -0.2) is 0 Å². The molecule has 0 bridgehead atoms. The van der Waals surface area contributed by atoms with Gasteiger partial charge >= 0.3 is 0 Å². The summed E-state index contributed by atoms with van der Waals surface area (Å²) < 4.78 is 5.31. The minimum Gasteiger partial charge on any atom is -0.482 e. The number of amides is 1. The number of aryl methyl sites for hydroxylation is 1. The van der Waals surface area contributed by atoms with E-state index in [4.69, 9.17) is 4.74 Å². The van der Waals surface area contributed by atoms with Crippen LogP contribution in [-0.4, -0.2) is 25.6 Å². The zero-order chi connectivity index (χ0) is 12.1. The van der Waals surface area contributed by atoms with Crippen molar-refractivity contribution in [3.63, 3.8) is 0 Å². The summed E-state index contributed by atoms with van der Waals surface area (Å²) in [6, 6.07) is 5.98. The van der Waals surface area contributed by atoms with Crippen LogP contribution in [0.4, 0.5) is 5.69 Å². The Hall–Kier alpha value is -1.55. The summed E-state index contributed by atoms with van der Waals surface area (Å²) in [5.41, 5.74) is 2.02. The molecular formula is C13H18N2O2. The first kappa shape index (κ1) is 11.9. The highest BCUT2D eigenvalue weighted by Crippen LogP contribution is 2.28. The van der Waals surface area contributed by atoms with Gasteiger partial charge in [0.15, 0.2) is 6.61 Å². The highest BCUT2D eigenvalue weighted by Gasteiger charge is 2.15. The van der Waals surface area contributed by atoms with Gasteiger partial charge in [-0.2, -0.15) is 0 Å². The van der Waals surface area contributed by atoms with E-state index < -0.39 is 0 Å². The number of ether oxygens (including phenoxy) is 1. The Bertz CT molecular complexity index is 404. The monoisotopic (exact) mass is 234 g/mol. The molecule has 17 heavy (non-hydrogen) atoms. The van der Waals surface area contributed by atoms with Crippen LogP contribution in [0.3, 0.4) is 0 Å². The van der Waals surface area contributed by atoms with E-state index in [1.165, 1.54) is 5.56 Å². The minimum atomic E-state index is -0.0812. The molecular weight excluding hydrogens is 216 g/mol. The summed E-state index contributed by atoms with van der Waals surface area (Å²) >= 11 is 0. The molecule has 1 aromatic rings. The maximum atomic E-state index is 11.2. The van der Waals surface area contributed by atoms with Gasteiger partial charge in [0.05, 0.1) is 5.69 Å². The smallest absolute Gasteiger partial charge is 0.262 e. The third-order valence-electron chi connectivity index (χ3n) is 2.75. The summed E-state index contributed by atoms with van der Waals surface area (Å²) in [6.45, 7) is 4.25. The third kappa shape index (κ3) is 3.20. The molecule has 0 aliphatic carbocycles. The Morgan fingerprint density at radius 2 is 2.35 bits per heavy atom. The van der Waals surface area contributed by atoms with Gasteiger partial charge in [-0.15, -0.1) is 0 Å². The van der Waals surface area contributed by atoms with Gasteiger partial charge in [-0.05, 0) is 43.6 Å². The van der Waals surface area contributed by atoms with E-state index in [1.54, 1.807) is 0 Å². The number of fused-ring (bicyclic) bond motifs is 1. The number of rotatable bonds is 5. The first-order valence-corrected chi connectivity index (χ1v) is 6.06. The van der Waals surface area contributed by atoms with Crippen LogP contribution < -0.4 is 15.4 Å². The van der Waals surface area contributed by atoms with Gasteiger partial charge in [0, 0.05) is 0 Å². The molecule has 0 spiro atoms. The van der Waals surface area contributed by atoms with E-state index in [2.05, 4.69) is 23.6 Å². The molecule has 0 saturated heterocycles. The largest absolute Gasteiger partial charge is 0.482 e. The lowest BCUT2D eigenvalue weighted by Crippen LogP contribution is -2.25. The van der Waals surface area contributed by atoms with Crippen molar-refractivity contribution in [3.8, 4) is 5.75 Å². The van der Waals surface area contributed by atoms with E-state index in [0.717, 1.165) is 37.4 Å². The van der Waals surface area contributed by atoms with Crippen molar-refractivity contribution >= 4 is 11.6 Å². The van der Waals surface area contributed by atoms with Crippen LogP contribution >= 0.6 is 0 Å². The van der Waals surface area contributed by atoms with Gasteiger partial charge in [0.25, 0.3) is 5.91 Å². The SMILES string of the molecule is CCNCCCc1ccc2c(c1)NC(=O)CO2. The molecule has 1 amide bonds. The van der Waals surface area contributed by atoms with Crippen molar-refractivity contribution in [1.82, 2.24) is 5.32 Å². The van der Waals surface area contributed by atoms with E-state index in [1.807, 2.05) is 12.1 Å². The highest BCUT2D eigenvalue weighted by atomic mass is 16.5. The van der Waals surface area contributed by atoms with Crippen LogP contribution in [0.15, 0.2) is 18.2 Å². The number of nitrogens with one attached hydrogen (secondary N) is 2. The van der Waals surface area contributed by atoms with Gasteiger partial charge in [-0.1, -0.05) is 13.0 Å². The van der Waals surface area contributed by atoms with E-state index >= 15 is 0 Å². The van der Waals surface area contributed by atoms with Gasteiger partial charge in [0.1, 0.15) is 5.75 Å². The van der Waals surface area contributed by atoms with Gasteiger partial charge in [-0.3, -0.25) is 4.79 Å². The average Bonchev–Trinajstić information content (AvgIpc) is 2.34. The van der Waals surface area contributed by atoms with Crippen molar-refractivity contribution in [2.45, 2.75) is 19.8 Å². The second-order valence-corrected chi connectivity index (χ2v) is 4.12. The summed E-state index contributed by atoms with van der Waals surface area (Å²) in [5.74, 6) is 0.683. The zero-order valence-corrected chi connectivity index (χ0v) is 10.1. The van der Waals surface area contributed by atoms with Crippen LogP contribution in [0.25, 0.3) is 0 Å². The van der Waals surface area contributed by atoms with Crippen LogP contribution in [0.1, 0.15) is 18.9 Å². The Morgan fingerprint density at radius 1 is 1.47 bits per heavy atom. The van der Waals surface area contributed by atoms with E-state index in [0.29, 0.717) is 0 Å². The second kappa shape index (κ2) is 5.68. The summed E-state index contributed by atoms with van der Waals surface area (Å²) in [7, 11) is 0. The molecule has 0 aromatic heterocycles. The first-order valence-electron chi connectivity index (χ1n) is 6.06. The maximum Gasteiger partial charge on any atom is 0.262 e. The van der Waals surface area contributed by atoms with Gasteiger partial charge in [0.2, 0.25) is 0 Å². The van der Waals surface area contributed by atoms with Gasteiger partial charge < -0.3 is 15.4 Å². The number of carbonyl (C=O) groups excluding carboxylic acids is 1. The molecule has 0 fully saturated rings. The molecule has 4 heteroatoms. The number of hydrogen-bond acceptors (Lipinski definition) is 3. The molecule has 0 unspecified atom stereocenters. The quantitative estimate of drug-likeness (QED) is 0.760. The topological polar surface area (TPSA) is 50.4 Å². The van der Waals surface area contributed by atoms with Crippen molar-refractivity contribution in [3.05, 3.63) is 23.8 Å². The Kier molecular flexibility index (Phi) is 3.98. The predicted octanol–water partition coefficient (Wildman–Crippen LogP) is 1.56. The predicted molar refractivity (Wildman–Crippen MR) is 67.4 cm³/mol. The highest BCUT2D eigenvalue weighted by molar-refractivity contribution is 5.95. The van der Waals surface area contributed by atoms with Crippen LogP contribution in [0.5, 0.6) is 5.75 Å². The molecule has 1 aliphatic rings. The Morgan fingerprint density at radius 3 is 3.18 bits per heavy atom. The molecule has 0 saturated carbocycles. The summed E-state index contributed by atoms with van der Waals surface area (Å²) in [6.07, 6.45) is 2.11. The van der Waals surface area contributed by atoms with E-state index in [-0.39, 0.29) is 12.5 Å². The lowest BCUT2D eigenvalue weighted by atomic mass is 10.1. The average molecular weight is 234 g/mol. The second-order valence-electron chi connectivity index (χ2n) is 4.12. The minimum absolute atomic E-state index is 0.0812. The number of hydrogen-bond donors (Lipinski definition) is 2. The fourth-order valence-electron chi connectivity index (χ4n) is 1.88. The fraction of sp³-hybridized carbons (Fsp3) is 0.462. The van der Waals surface area contributed by atoms with Crippen molar-refractivity contribution in [1.29, 1.82) is 0 Å². The molecule has 0 atom stereocenters. The van der Waals surface area contributed by atoms with Crippen LogP contribution in [0, 0.1) is 0 Å². The normalized spacial score (nSPS) is 13.8. The molecule has 1 aromatic carbocycles. The Balaban J connectivity index is 1.95. The van der Waals surface area contributed by atoms with Crippen molar-refractivity contribution in [2.75, 3.05) is 25.0 Å². The van der Waals surface area contributed by atoms with Crippen molar-refractivity contribution < 1.29 is 9.53 Å². The molecule has 2 N–H and O–H groups in total. The zero-order valence-electron chi connectivity index (χ0n) is 10.1. The molecule has 2 rings (SSSR count). The van der Waals surface area contributed by atoms with Crippen molar-refractivity contribution in [2.24, 2.45) is 0 Å². The van der Waals surface area contributed by atoms with Crippen LogP contribution in [-0.2, 0) is 11.2 Å². The molecule has 4 nitrogen and oxygen atoms in total. The number of benzene rings is 1. The Labute approximate surface area is 101 Å². The molecule has 92 valence electrons. The molecule has 1 aliphatic heterocycles. The lowest BCUT2D eigenvalue weighted by molar-refractivity contribution is -0.118. The molecule has 1 heterocycles. The third-order valence-corrected chi connectivity index (χ3v) is 2.75.